The van der Waals surface area contributed by atoms with Crippen LogP contribution in [0.4, 0.5) is 0 Å². The van der Waals surface area contributed by atoms with Gasteiger partial charge in [-0.15, -0.1) is 11.3 Å². The molecule has 3 unspecified atom stereocenters. The molecule has 1 saturated heterocycles. The lowest BCUT2D eigenvalue weighted by atomic mass is 9.89. The van der Waals surface area contributed by atoms with Gasteiger partial charge in [-0.2, -0.15) is 0 Å². The SMILES string of the molecule is O=C(COc1ccc(-c2csc3ccccc23)cc1CN1CCOCC1)NCC1CC2C=CC1C21CC1. The lowest BCUT2D eigenvalue weighted by Gasteiger charge is -2.27. The van der Waals surface area contributed by atoms with E-state index < -0.39 is 0 Å². The summed E-state index contributed by atoms with van der Waals surface area (Å²) in [7, 11) is 0. The molecule has 2 heterocycles. The highest BCUT2D eigenvalue weighted by atomic mass is 32.1. The highest BCUT2D eigenvalue weighted by Crippen LogP contribution is 2.69. The number of allylic oxidation sites excluding steroid dienone is 2. The molecular weight excluding hydrogens is 480 g/mol. The maximum absolute atomic E-state index is 12.8. The number of nitrogens with zero attached hydrogens (tertiary/aromatic N) is 1. The second-order valence-corrected chi connectivity index (χ2v) is 12.1. The fraction of sp³-hybridized carbons (Fsp3) is 0.452. The predicted octanol–water partition coefficient (Wildman–Crippen LogP) is 5.50. The summed E-state index contributed by atoms with van der Waals surface area (Å²) in [5.74, 6) is 2.77. The Bertz CT molecular complexity index is 1340. The second-order valence-electron chi connectivity index (χ2n) is 11.2. The third-order valence-corrected chi connectivity index (χ3v) is 10.1. The van der Waals surface area contributed by atoms with Crippen LogP contribution >= 0.6 is 11.3 Å². The van der Waals surface area contributed by atoms with E-state index in [-0.39, 0.29) is 12.5 Å². The topological polar surface area (TPSA) is 50.8 Å². The van der Waals surface area contributed by atoms with Gasteiger partial charge in [0, 0.05) is 47.4 Å². The highest BCUT2D eigenvalue weighted by Gasteiger charge is 2.62. The van der Waals surface area contributed by atoms with Gasteiger partial charge in [-0.25, -0.2) is 0 Å². The van der Waals surface area contributed by atoms with Crippen molar-refractivity contribution in [2.45, 2.75) is 25.8 Å². The molecule has 1 spiro atoms. The molecule has 2 saturated carbocycles. The number of hydrogen-bond donors (Lipinski definition) is 1. The minimum absolute atomic E-state index is 0.0261. The first-order valence-electron chi connectivity index (χ1n) is 13.7. The van der Waals surface area contributed by atoms with E-state index in [4.69, 9.17) is 9.47 Å². The molecule has 37 heavy (non-hydrogen) atoms. The van der Waals surface area contributed by atoms with Crippen LogP contribution in [0.1, 0.15) is 24.8 Å². The van der Waals surface area contributed by atoms with Gasteiger partial charge in [-0.05, 0) is 71.6 Å². The van der Waals surface area contributed by atoms with Crippen LogP contribution in [0.15, 0.2) is 60.0 Å². The summed E-state index contributed by atoms with van der Waals surface area (Å²) in [5.41, 5.74) is 4.13. The number of rotatable bonds is 8. The summed E-state index contributed by atoms with van der Waals surface area (Å²) in [6.45, 7) is 4.94. The van der Waals surface area contributed by atoms with Crippen LogP contribution in [-0.4, -0.2) is 50.3 Å². The van der Waals surface area contributed by atoms with Crippen molar-refractivity contribution in [2.75, 3.05) is 39.5 Å². The number of benzene rings is 2. The zero-order chi connectivity index (χ0) is 24.8. The lowest BCUT2D eigenvalue weighted by Crippen LogP contribution is -2.36. The number of thiophene rings is 1. The highest BCUT2D eigenvalue weighted by molar-refractivity contribution is 7.17. The third-order valence-electron chi connectivity index (χ3n) is 9.12. The van der Waals surface area contributed by atoms with Gasteiger partial charge in [-0.3, -0.25) is 9.69 Å². The van der Waals surface area contributed by atoms with Crippen molar-refractivity contribution in [3.05, 3.63) is 65.6 Å². The molecule has 5 nitrogen and oxygen atoms in total. The molecule has 1 amide bonds. The molecule has 0 radical (unpaired) electrons. The van der Waals surface area contributed by atoms with Gasteiger partial charge in [0.15, 0.2) is 6.61 Å². The third kappa shape index (κ3) is 4.39. The molecule has 7 rings (SSSR count). The molecule has 4 aliphatic rings. The first kappa shape index (κ1) is 23.4. The lowest BCUT2D eigenvalue weighted by molar-refractivity contribution is -0.123. The Balaban J connectivity index is 1.04. The standard InChI is InChI=1S/C31H34N2O3S/c34-30(32-17-22-16-24-6-7-27(22)31(24)9-10-31)19-36-28-8-5-21(15-23(28)18-33-11-13-35-14-12-33)26-20-37-29-4-2-1-3-25(26)29/h1-8,15,20,22,24,27H,9-14,16-19H2,(H,32,34). The molecule has 1 aromatic heterocycles. The molecule has 192 valence electrons. The number of carbonyl (C=O) groups is 1. The van der Waals surface area contributed by atoms with Gasteiger partial charge in [0.05, 0.1) is 13.2 Å². The van der Waals surface area contributed by atoms with E-state index in [1.165, 1.54) is 40.5 Å². The van der Waals surface area contributed by atoms with Crippen molar-refractivity contribution < 1.29 is 14.3 Å². The minimum Gasteiger partial charge on any atom is -0.483 e. The zero-order valence-electron chi connectivity index (χ0n) is 21.2. The number of fused-ring (bicyclic) bond motifs is 1. The maximum atomic E-state index is 12.8. The van der Waals surface area contributed by atoms with Crippen LogP contribution < -0.4 is 10.1 Å². The van der Waals surface area contributed by atoms with Crippen molar-refractivity contribution >= 4 is 27.3 Å². The second kappa shape index (κ2) is 9.57. The van der Waals surface area contributed by atoms with Gasteiger partial charge in [0.25, 0.3) is 5.91 Å². The Morgan fingerprint density at radius 3 is 2.84 bits per heavy atom. The van der Waals surface area contributed by atoms with Gasteiger partial charge in [-0.1, -0.05) is 36.4 Å². The van der Waals surface area contributed by atoms with E-state index in [0.717, 1.165) is 56.6 Å². The van der Waals surface area contributed by atoms with E-state index in [0.29, 0.717) is 17.3 Å². The molecule has 3 fully saturated rings. The van der Waals surface area contributed by atoms with Crippen LogP contribution in [-0.2, 0) is 16.1 Å². The summed E-state index contributed by atoms with van der Waals surface area (Å²) >= 11 is 1.78. The predicted molar refractivity (Wildman–Crippen MR) is 148 cm³/mol. The Morgan fingerprint density at radius 2 is 2.00 bits per heavy atom. The van der Waals surface area contributed by atoms with Crippen molar-refractivity contribution in [3.63, 3.8) is 0 Å². The molecular formula is C31H34N2O3S. The van der Waals surface area contributed by atoms with Crippen molar-refractivity contribution in [3.8, 4) is 16.9 Å². The van der Waals surface area contributed by atoms with E-state index in [1.54, 1.807) is 11.3 Å². The van der Waals surface area contributed by atoms with E-state index >= 15 is 0 Å². The Kier molecular flexibility index (Phi) is 6.07. The monoisotopic (exact) mass is 514 g/mol. The smallest absolute Gasteiger partial charge is 0.257 e. The number of morpholine rings is 1. The Morgan fingerprint density at radius 1 is 1.14 bits per heavy atom. The first-order chi connectivity index (χ1) is 18.2. The molecule has 6 heteroatoms. The van der Waals surface area contributed by atoms with Crippen LogP contribution in [0, 0.1) is 23.2 Å². The number of hydrogen-bond acceptors (Lipinski definition) is 5. The largest absolute Gasteiger partial charge is 0.483 e. The number of ether oxygens (including phenoxy) is 2. The summed E-state index contributed by atoms with van der Waals surface area (Å²) in [6.07, 6.45) is 8.81. The number of carbonyl (C=O) groups excluding carboxylic acids is 1. The fourth-order valence-corrected chi connectivity index (χ4v) is 7.98. The average molecular weight is 515 g/mol. The normalized spacial score (nSPS) is 25.7. The molecule has 3 aliphatic carbocycles. The summed E-state index contributed by atoms with van der Waals surface area (Å²) in [4.78, 5) is 15.2. The van der Waals surface area contributed by atoms with Crippen LogP contribution in [0.5, 0.6) is 5.75 Å². The molecule has 1 N–H and O–H groups in total. The molecule has 2 bridgehead atoms. The van der Waals surface area contributed by atoms with E-state index in [9.17, 15) is 4.79 Å². The van der Waals surface area contributed by atoms with Gasteiger partial charge >= 0.3 is 0 Å². The minimum atomic E-state index is -0.0261. The zero-order valence-corrected chi connectivity index (χ0v) is 22.0. The van der Waals surface area contributed by atoms with E-state index in [1.807, 2.05) is 6.07 Å². The number of nitrogens with one attached hydrogen (secondary N) is 1. The van der Waals surface area contributed by atoms with Crippen LogP contribution in [0.3, 0.4) is 0 Å². The number of amides is 1. The van der Waals surface area contributed by atoms with E-state index in [2.05, 4.69) is 64.1 Å². The Hall–Kier alpha value is -2.67. The summed E-state index contributed by atoms with van der Waals surface area (Å²) in [6, 6.07) is 15.0. The summed E-state index contributed by atoms with van der Waals surface area (Å²) in [5, 5.41) is 6.69. The average Bonchev–Trinajstić information content (AvgIpc) is 3.40. The van der Waals surface area contributed by atoms with Crippen LogP contribution in [0.2, 0.25) is 0 Å². The Labute approximate surface area is 222 Å². The van der Waals surface area contributed by atoms with Crippen molar-refractivity contribution in [2.24, 2.45) is 23.2 Å². The van der Waals surface area contributed by atoms with Crippen molar-refractivity contribution in [1.29, 1.82) is 0 Å². The van der Waals surface area contributed by atoms with Crippen molar-refractivity contribution in [1.82, 2.24) is 10.2 Å². The fourth-order valence-electron chi connectivity index (χ4n) is 7.01. The molecule has 3 atom stereocenters. The first-order valence-corrected chi connectivity index (χ1v) is 14.5. The van der Waals surface area contributed by atoms with Gasteiger partial charge < -0.3 is 14.8 Å². The van der Waals surface area contributed by atoms with Crippen LogP contribution in [0.25, 0.3) is 21.2 Å². The maximum Gasteiger partial charge on any atom is 0.257 e. The summed E-state index contributed by atoms with van der Waals surface area (Å²) < 4.78 is 13.0. The molecule has 3 aromatic rings. The molecule has 1 aliphatic heterocycles. The molecule has 2 aromatic carbocycles. The quantitative estimate of drug-likeness (QED) is 0.404. The van der Waals surface area contributed by atoms with Gasteiger partial charge in [0.1, 0.15) is 5.75 Å². The van der Waals surface area contributed by atoms with Gasteiger partial charge in [0.2, 0.25) is 0 Å².